The molecule has 40 heavy (non-hydrogen) atoms. The van der Waals surface area contributed by atoms with E-state index in [4.69, 9.17) is 25.5 Å². The summed E-state index contributed by atoms with van der Waals surface area (Å²) in [5.74, 6) is 1.19. The summed E-state index contributed by atoms with van der Waals surface area (Å²) in [5.41, 5.74) is 4.24. The van der Waals surface area contributed by atoms with Gasteiger partial charge in [0.15, 0.2) is 22.6 Å². The molecule has 2 aliphatic heterocycles. The Labute approximate surface area is 239 Å². The third-order valence-electron chi connectivity index (χ3n) is 7.72. The second-order valence-electron chi connectivity index (χ2n) is 10.3. The molecule has 2 aliphatic rings. The molecule has 7 nitrogen and oxygen atoms in total. The van der Waals surface area contributed by atoms with Gasteiger partial charge in [0.2, 0.25) is 0 Å². The minimum absolute atomic E-state index is 0.0538. The number of rotatable bonds is 8. The zero-order chi connectivity index (χ0) is 27.3. The van der Waals surface area contributed by atoms with E-state index < -0.39 is 0 Å². The largest absolute Gasteiger partial charge is 0.488 e. The molecule has 0 spiro atoms. The van der Waals surface area contributed by atoms with Crippen LogP contribution in [0.3, 0.4) is 0 Å². The fourth-order valence-corrected chi connectivity index (χ4v) is 5.58. The van der Waals surface area contributed by atoms with Crippen molar-refractivity contribution in [1.82, 2.24) is 9.80 Å². The Morgan fingerprint density at radius 1 is 0.825 bits per heavy atom. The zero-order valence-electron chi connectivity index (χ0n) is 22.6. The van der Waals surface area contributed by atoms with E-state index in [9.17, 15) is 4.79 Å². The Hall–Kier alpha value is -3.36. The molecule has 3 heterocycles. The molecular weight excluding hydrogens is 526 g/mol. The van der Waals surface area contributed by atoms with Gasteiger partial charge in [-0.05, 0) is 41.0 Å². The number of nitrogens with zero attached hydrogens (tertiary/aromatic N) is 3. The van der Waals surface area contributed by atoms with Crippen LogP contribution in [0.5, 0.6) is 5.75 Å². The van der Waals surface area contributed by atoms with Crippen LogP contribution >= 0.6 is 11.6 Å². The lowest BCUT2D eigenvalue weighted by atomic mass is 9.99. The number of ether oxygens (including phenoxy) is 2. The van der Waals surface area contributed by atoms with Crippen molar-refractivity contribution in [3.63, 3.8) is 0 Å². The highest BCUT2D eigenvalue weighted by Gasteiger charge is 2.20. The summed E-state index contributed by atoms with van der Waals surface area (Å²) in [4.78, 5) is 19.8. The molecule has 1 aromatic heterocycles. The van der Waals surface area contributed by atoms with E-state index in [1.54, 1.807) is 12.1 Å². The third-order valence-corrected chi connectivity index (χ3v) is 7.98. The van der Waals surface area contributed by atoms with Gasteiger partial charge in [-0.2, -0.15) is 0 Å². The van der Waals surface area contributed by atoms with Crippen molar-refractivity contribution >= 4 is 28.5 Å². The summed E-state index contributed by atoms with van der Waals surface area (Å²) in [5, 5.41) is 1.30. The fraction of sp³-hybridized carbons (Fsp3) is 0.344. The van der Waals surface area contributed by atoms with E-state index in [0.29, 0.717) is 55.5 Å². The second kappa shape index (κ2) is 12.4. The molecule has 8 heteroatoms. The molecule has 0 N–H and O–H groups in total. The molecule has 0 bridgehead atoms. The molecule has 208 valence electrons. The summed E-state index contributed by atoms with van der Waals surface area (Å²) in [6.07, 6.45) is 0. The Bertz CT molecular complexity index is 1490. The lowest BCUT2D eigenvalue weighted by Crippen LogP contribution is -2.47. The average Bonchev–Trinajstić information content (AvgIpc) is 2.99. The summed E-state index contributed by atoms with van der Waals surface area (Å²) in [7, 11) is 0. The van der Waals surface area contributed by atoms with Crippen molar-refractivity contribution in [3.05, 3.63) is 93.6 Å². The molecule has 2 saturated heterocycles. The van der Waals surface area contributed by atoms with Gasteiger partial charge in [-0.15, -0.1) is 0 Å². The topological polar surface area (TPSA) is 58.4 Å². The number of halogens is 1. The number of anilines is 1. The number of piperazine rings is 1. The van der Waals surface area contributed by atoms with E-state index in [1.165, 1.54) is 16.7 Å². The van der Waals surface area contributed by atoms with Crippen molar-refractivity contribution in [2.24, 2.45) is 0 Å². The molecule has 0 saturated carbocycles. The summed E-state index contributed by atoms with van der Waals surface area (Å²) < 4.78 is 17.8. The first-order chi connectivity index (χ1) is 19.6. The van der Waals surface area contributed by atoms with Gasteiger partial charge in [-0.3, -0.25) is 14.6 Å². The van der Waals surface area contributed by atoms with Crippen molar-refractivity contribution in [2.75, 3.05) is 70.5 Å². The maximum atomic E-state index is 12.8. The predicted octanol–water partition coefficient (Wildman–Crippen LogP) is 5.15. The van der Waals surface area contributed by atoms with Crippen LogP contribution in [0.2, 0.25) is 5.02 Å². The van der Waals surface area contributed by atoms with Crippen LogP contribution in [0, 0.1) is 0 Å². The van der Waals surface area contributed by atoms with E-state index >= 15 is 0 Å². The summed E-state index contributed by atoms with van der Waals surface area (Å²) in [6, 6.07) is 23.8. The average molecular weight is 560 g/mol. The van der Waals surface area contributed by atoms with Crippen LogP contribution < -0.4 is 15.1 Å². The second-order valence-corrected chi connectivity index (χ2v) is 10.7. The van der Waals surface area contributed by atoms with E-state index in [2.05, 4.69) is 51.1 Å². The monoisotopic (exact) mass is 559 g/mol. The van der Waals surface area contributed by atoms with Gasteiger partial charge in [0.05, 0.1) is 18.6 Å². The maximum Gasteiger partial charge on any atom is 0.200 e. The lowest BCUT2D eigenvalue weighted by Gasteiger charge is -2.35. The Kier molecular flexibility index (Phi) is 8.35. The molecule has 2 fully saturated rings. The molecule has 0 aliphatic carbocycles. The van der Waals surface area contributed by atoms with Gasteiger partial charge < -0.3 is 18.8 Å². The molecule has 3 aromatic carbocycles. The van der Waals surface area contributed by atoms with Crippen molar-refractivity contribution in [1.29, 1.82) is 0 Å². The number of benzene rings is 3. The molecular formula is C32H34ClN3O4. The number of para-hydroxylation sites is 1. The highest BCUT2D eigenvalue weighted by Crippen LogP contribution is 2.29. The first-order valence-corrected chi connectivity index (χ1v) is 14.3. The van der Waals surface area contributed by atoms with Crippen LogP contribution in [0.4, 0.5) is 5.88 Å². The minimum Gasteiger partial charge on any atom is -0.488 e. The van der Waals surface area contributed by atoms with Gasteiger partial charge in [-0.25, -0.2) is 0 Å². The van der Waals surface area contributed by atoms with Gasteiger partial charge in [0.25, 0.3) is 0 Å². The highest BCUT2D eigenvalue weighted by atomic mass is 35.5. The fourth-order valence-electron chi connectivity index (χ4n) is 5.46. The molecule has 0 amide bonds. The Morgan fingerprint density at radius 3 is 2.38 bits per heavy atom. The minimum atomic E-state index is -0.0538. The molecule has 0 unspecified atom stereocenters. The Morgan fingerprint density at radius 2 is 1.57 bits per heavy atom. The van der Waals surface area contributed by atoms with Crippen molar-refractivity contribution in [2.45, 2.75) is 6.54 Å². The van der Waals surface area contributed by atoms with Crippen molar-refractivity contribution < 1.29 is 13.9 Å². The third kappa shape index (κ3) is 6.18. The summed E-state index contributed by atoms with van der Waals surface area (Å²) >= 11 is 6.10. The maximum absolute atomic E-state index is 12.8. The van der Waals surface area contributed by atoms with Gasteiger partial charge in [0.1, 0.15) is 6.61 Å². The molecule has 4 aromatic rings. The van der Waals surface area contributed by atoms with Crippen LogP contribution in [-0.2, 0) is 11.3 Å². The first-order valence-electron chi connectivity index (χ1n) is 13.9. The number of hydrogen-bond donors (Lipinski definition) is 0. The van der Waals surface area contributed by atoms with Gasteiger partial charge >= 0.3 is 0 Å². The van der Waals surface area contributed by atoms with Crippen LogP contribution in [0.15, 0.2) is 82.0 Å². The lowest BCUT2D eigenvalue weighted by molar-refractivity contribution is 0.112. The molecule has 0 radical (unpaired) electrons. The predicted molar refractivity (Wildman–Crippen MR) is 160 cm³/mol. The standard InChI is InChI=1S/C32H34ClN3O4/c33-26-10-8-24(9-11-26)27-5-2-1-4-25(27)23-35-14-12-34(13-15-35)16-21-39-30-7-3-6-28-29(37)22-31(40-32(28)30)36-17-19-38-20-18-36/h1-11,22H,12-21,23H2. The smallest absolute Gasteiger partial charge is 0.200 e. The van der Waals surface area contributed by atoms with Gasteiger partial charge in [-0.1, -0.05) is 54.1 Å². The number of fused-ring (bicyclic) bond motifs is 1. The normalized spacial score (nSPS) is 16.9. The number of hydrogen-bond acceptors (Lipinski definition) is 7. The Balaban J connectivity index is 1.04. The van der Waals surface area contributed by atoms with Gasteiger partial charge in [0, 0.05) is 63.4 Å². The van der Waals surface area contributed by atoms with Crippen LogP contribution in [-0.4, -0.2) is 75.4 Å². The molecule has 0 atom stereocenters. The first kappa shape index (κ1) is 26.8. The van der Waals surface area contributed by atoms with Crippen LogP contribution in [0.25, 0.3) is 22.1 Å². The number of morpholine rings is 1. The SMILES string of the molecule is O=c1cc(N2CCOCC2)oc2c(OCCN3CCN(Cc4ccccc4-c4ccc(Cl)cc4)CC3)cccc12. The van der Waals surface area contributed by atoms with E-state index in [0.717, 1.165) is 44.3 Å². The van der Waals surface area contributed by atoms with E-state index in [1.807, 2.05) is 24.3 Å². The van der Waals surface area contributed by atoms with Crippen molar-refractivity contribution in [3.8, 4) is 16.9 Å². The quantitative estimate of drug-likeness (QED) is 0.296. The van der Waals surface area contributed by atoms with E-state index in [-0.39, 0.29) is 5.43 Å². The summed E-state index contributed by atoms with van der Waals surface area (Å²) in [6.45, 7) is 8.90. The van der Waals surface area contributed by atoms with Crippen LogP contribution in [0.1, 0.15) is 5.56 Å². The zero-order valence-corrected chi connectivity index (χ0v) is 23.3. The molecule has 6 rings (SSSR count). The highest BCUT2D eigenvalue weighted by molar-refractivity contribution is 6.30.